The Labute approximate surface area is 86.1 Å². The van der Waals surface area contributed by atoms with Gasteiger partial charge in [-0.15, -0.1) is 0 Å². The topological polar surface area (TPSA) is 35.5 Å². The Balaban J connectivity index is 3.32. The first-order valence-corrected chi connectivity index (χ1v) is 5.10. The lowest BCUT2D eigenvalue weighted by Crippen LogP contribution is -2.11. The number of ether oxygens (including phenoxy) is 2. The third kappa shape index (κ3) is 6.66. The van der Waals surface area contributed by atoms with Crippen LogP contribution in [0.5, 0.6) is 0 Å². The molecule has 0 aliphatic carbocycles. The van der Waals surface area contributed by atoms with Gasteiger partial charge in [-0.05, 0) is 20.3 Å². The number of allylic oxidation sites excluding steroid dienone is 1. The number of carbonyl (C=O) groups excluding carboxylic acids is 1. The lowest BCUT2D eigenvalue weighted by Gasteiger charge is -2.05. The van der Waals surface area contributed by atoms with Crippen LogP contribution in [-0.4, -0.2) is 25.8 Å². The zero-order chi connectivity index (χ0) is 10.8. The lowest BCUT2D eigenvalue weighted by molar-refractivity contribution is -0.140. The van der Waals surface area contributed by atoms with Crippen molar-refractivity contribution in [1.29, 1.82) is 0 Å². The Morgan fingerprint density at radius 1 is 1.29 bits per heavy atom. The Morgan fingerprint density at radius 3 is 2.57 bits per heavy atom. The Bertz CT molecular complexity index is 185. The molecule has 0 rings (SSSR count). The molecule has 0 unspecified atom stereocenters. The number of hydrogen-bond donors (Lipinski definition) is 0. The Hall–Kier alpha value is -0.830. The van der Waals surface area contributed by atoms with Crippen molar-refractivity contribution in [2.45, 2.75) is 33.6 Å². The predicted molar refractivity (Wildman–Crippen MR) is 56.1 cm³/mol. The van der Waals surface area contributed by atoms with E-state index in [0.717, 1.165) is 19.4 Å². The van der Waals surface area contributed by atoms with E-state index in [2.05, 4.69) is 6.92 Å². The maximum Gasteiger partial charge on any atom is 0.333 e. The van der Waals surface area contributed by atoms with Gasteiger partial charge in [-0.25, -0.2) is 4.79 Å². The molecule has 0 aliphatic rings. The molecule has 0 bridgehead atoms. The van der Waals surface area contributed by atoms with Gasteiger partial charge in [-0.1, -0.05) is 19.4 Å². The zero-order valence-corrected chi connectivity index (χ0v) is 9.34. The van der Waals surface area contributed by atoms with Gasteiger partial charge in [-0.3, -0.25) is 0 Å². The van der Waals surface area contributed by atoms with Crippen molar-refractivity contribution in [3.8, 4) is 0 Å². The van der Waals surface area contributed by atoms with Gasteiger partial charge >= 0.3 is 5.97 Å². The summed E-state index contributed by atoms with van der Waals surface area (Å²) in [6.07, 6.45) is 3.92. The molecule has 0 aliphatic heterocycles. The fraction of sp³-hybridized carbons (Fsp3) is 0.727. The number of carbonyl (C=O) groups is 1. The van der Waals surface area contributed by atoms with E-state index in [9.17, 15) is 4.79 Å². The van der Waals surface area contributed by atoms with Crippen molar-refractivity contribution in [2.24, 2.45) is 0 Å². The largest absolute Gasteiger partial charge is 0.460 e. The highest BCUT2D eigenvalue weighted by Gasteiger charge is 2.02. The van der Waals surface area contributed by atoms with Crippen molar-refractivity contribution in [1.82, 2.24) is 0 Å². The van der Waals surface area contributed by atoms with Crippen molar-refractivity contribution in [3.05, 3.63) is 11.6 Å². The summed E-state index contributed by atoms with van der Waals surface area (Å²) in [6.45, 7) is 7.24. The van der Waals surface area contributed by atoms with E-state index in [0.29, 0.717) is 18.8 Å². The molecule has 0 amide bonds. The van der Waals surface area contributed by atoms with Gasteiger partial charge in [0.15, 0.2) is 0 Å². The van der Waals surface area contributed by atoms with Gasteiger partial charge in [0.2, 0.25) is 0 Å². The van der Waals surface area contributed by atoms with Crippen LogP contribution in [0.4, 0.5) is 0 Å². The second-order valence-electron chi connectivity index (χ2n) is 3.07. The summed E-state index contributed by atoms with van der Waals surface area (Å²) in [5.74, 6) is -0.258. The number of unbranched alkanes of at least 4 members (excludes halogenated alkanes) is 1. The summed E-state index contributed by atoms with van der Waals surface area (Å²) < 4.78 is 10.2. The molecule has 14 heavy (non-hydrogen) atoms. The molecule has 0 heterocycles. The molecule has 0 saturated heterocycles. The first-order chi connectivity index (χ1) is 6.72. The highest BCUT2D eigenvalue weighted by atomic mass is 16.6. The van der Waals surface area contributed by atoms with Crippen molar-refractivity contribution < 1.29 is 14.3 Å². The average Bonchev–Trinajstić information content (AvgIpc) is 2.21. The first-order valence-electron chi connectivity index (χ1n) is 5.10. The summed E-state index contributed by atoms with van der Waals surface area (Å²) in [4.78, 5) is 11.1. The number of rotatable bonds is 7. The van der Waals surface area contributed by atoms with Gasteiger partial charge in [0.05, 0.1) is 6.61 Å². The summed E-state index contributed by atoms with van der Waals surface area (Å²) >= 11 is 0. The van der Waals surface area contributed by atoms with E-state index in [1.807, 2.05) is 6.92 Å². The van der Waals surface area contributed by atoms with Crippen LogP contribution in [0.25, 0.3) is 0 Å². The summed E-state index contributed by atoms with van der Waals surface area (Å²) in [6, 6.07) is 0. The molecule has 0 aromatic rings. The van der Waals surface area contributed by atoms with Crippen LogP contribution in [-0.2, 0) is 14.3 Å². The predicted octanol–water partition coefficient (Wildman–Crippen LogP) is 2.31. The lowest BCUT2D eigenvalue weighted by atomic mass is 10.3. The third-order valence-corrected chi connectivity index (χ3v) is 1.86. The molecule has 0 fully saturated rings. The molecule has 0 aromatic heterocycles. The van der Waals surface area contributed by atoms with E-state index in [1.165, 1.54) is 0 Å². The van der Waals surface area contributed by atoms with Gasteiger partial charge in [-0.2, -0.15) is 0 Å². The number of esters is 1. The molecular formula is C11H20O3. The van der Waals surface area contributed by atoms with E-state index in [1.54, 1.807) is 13.0 Å². The standard InChI is InChI=1S/C11H20O3/c1-4-6-7-13-8-9-14-11(12)10(3)5-2/h5H,4,6-9H2,1-3H3. The first kappa shape index (κ1) is 13.2. The highest BCUT2D eigenvalue weighted by molar-refractivity contribution is 5.87. The van der Waals surface area contributed by atoms with Crippen LogP contribution < -0.4 is 0 Å². The minimum atomic E-state index is -0.258. The fourth-order valence-corrected chi connectivity index (χ4v) is 0.773. The minimum Gasteiger partial charge on any atom is -0.460 e. The van der Waals surface area contributed by atoms with Gasteiger partial charge in [0.25, 0.3) is 0 Å². The second-order valence-corrected chi connectivity index (χ2v) is 3.07. The van der Waals surface area contributed by atoms with Crippen LogP contribution in [0.3, 0.4) is 0 Å². The molecule has 0 N–H and O–H groups in total. The smallest absolute Gasteiger partial charge is 0.333 e. The molecule has 3 nitrogen and oxygen atoms in total. The second kappa shape index (κ2) is 8.75. The van der Waals surface area contributed by atoms with Crippen LogP contribution in [0, 0.1) is 0 Å². The van der Waals surface area contributed by atoms with E-state index in [-0.39, 0.29) is 5.97 Å². The highest BCUT2D eigenvalue weighted by Crippen LogP contribution is 1.95. The molecule has 0 aromatic carbocycles. The van der Waals surface area contributed by atoms with Crippen molar-refractivity contribution in [3.63, 3.8) is 0 Å². The van der Waals surface area contributed by atoms with E-state index < -0.39 is 0 Å². The molecule has 82 valence electrons. The quantitative estimate of drug-likeness (QED) is 0.359. The summed E-state index contributed by atoms with van der Waals surface area (Å²) in [5.41, 5.74) is 0.638. The van der Waals surface area contributed by atoms with E-state index >= 15 is 0 Å². The maximum absolute atomic E-state index is 11.1. The Kier molecular flexibility index (Phi) is 8.24. The fourth-order valence-electron chi connectivity index (χ4n) is 0.773. The zero-order valence-electron chi connectivity index (χ0n) is 9.34. The Morgan fingerprint density at radius 2 is 2.00 bits per heavy atom. The van der Waals surface area contributed by atoms with Crippen LogP contribution >= 0.6 is 0 Å². The molecule has 0 spiro atoms. The van der Waals surface area contributed by atoms with Crippen molar-refractivity contribution in [2.75, 3.05) is 19.8 Å². The van der Waals surface area contributed by atoms with E-state index in [4.69, 9.17) is 9.47 Å². The van der Waals surface area contributed by atoms with Crippen LogP contribution in [0.1, 0.15) is 33.6 Å². The van der Waals surface area contributed by atoms with Gasteiger partial charge < -0.3 is 9.47 Å². The summed E-state index contributed by atoms with van der Waals surface area (Å²) in [5, 5.41) is 0. The van der Waals surface area contributed by atoms with Crippen molar-refractivity contribution >= 4 is 5.97 Å². The SMILES string of the molecule is CC=C(C)C(=O)OCCOCCCC. The van der Waals surface area contributed by atoms with Crippen LogP contribution in [0.2, 0.25) is 0 Å². The van der Waals surface area contributed by atoms with Gasteiger partial charge in [0, 0.05) is 12.2 Å². The normalized spacial score (nSPS) is 11.5. The molecule has 3 heteroatoms. The van der Waals surface area contributed by atoms with Crippen LogP contribution in [0.15, 0.2) is 11.6 Å². The summed E-state index contributed by atoms with van der Waals surface area (Å²) in [7, 11) is 0. The molecular weight excluding hydrogens is 180 g/mol. The maximum atomic E-state index is 11.1. The number of hydrogen-bond acceptors (Lipinski definition) is 3. The average molecular weight is 200 g/mol. The molecule has 0 saturated carbocycles. The molecule has 0 atom stereocenters. The minimum absolute atomic E-state index is 0.258. The third-order valence-electron chi connectivity index (χ3n) is 1.86. The van der Waals surface area contributed by atoms with Gasteiger partial charge in [0.1, 0.15) is 6.61 Å². The molecule has 0 radical (unpaired) electrons. The monoisotopic (exact) mass is 200 g/mol.